The third-order valence-electron chi connectivity index (χ3n) is 3.51. The quantitative estimate of drug-likeness (QED) is 0.401. The van der Waals surface area contributed by atoms with Crippen molar-refractivity contribution in [2.75, 3.05) is 14.2 Å². The van der Waals surface area contributed by atoms with Crippen LogP contribution in [0.2, 0.25) is 0 Å². The van der Waals surface area contributed by atoms with Crippen LogP contribution >= 0.6 is 12.2 Å². The highest BCUT2D eigenvalue weighted by molar-refractivity contribution is 7.80. The molecule has 0 fully saturated rings. The molecule has 27 heavy (non-hydrogen) atoms. The number of ether oxygens (including phenoxy) is 2. The summed E-state index contributed by atoms with van der Waals surface area (Å²) in [6.07, 6.45) is 2.74. The van der Waals surface area contributed by atoms with Crippen molar-refractivity contribution >= 4 is 29.3 Å². The Kier molecular flexibility index (Phi) is 7.57. The largest absolute Gasteiger partial charge is 0.497 e. The lowest BCUT2D eigenvalue weighted by Gasteiger charge is -2.11. The van der Waals surface area contributed by atoms with Gasteiger partial charge in [-0.15, -0.1) is 0 Å². The Balaban J connectivity index is 1.75. The van der Waals surface area contributed by atoms with Crippen LogP contribution in [0, 0.1) is 5.82 Å². The zero-order chi connectivity index (χ0) is 19.6. The second-order valence-corrected chi connectivity index (χ2v) is 5.78. The molecular formula is C19H20FN3O3S. The minimum Gasteiger partial charge on any atom is -0.497 e. The first kappa shape index (κ1) is 20.2. The number of carbonyl (C=O) groups is 1. The van der Waals surface area contributed by atoms with Gasteiger partial charge in [-0.2, -0.15) is 0 Å². The van der Waals surface area contributed by atoms with Crippen LogP contribution in [-0.4, -0.2) is 25.2 Å². The number of hydrogen-bond acceptors (Lipinski definition) is 4. The number of benzene rings is 2. The summed E-state index contributed by atoms with van der Waals surface area (Å²) in [7, 11) is 2.99. The highest BCUT2D eigenvalue weighted by Gasteiger charge is 2.03. The minimum atomic E-state index is -0.498. The van der Waals surface area contributed by atoms with Gasteiger partial charge in [-0.1, -0.05) is 18.2 Å². The second-order valence-electron chi connectivity index (χ2n) is 5.37. The Morgan fingerprint density at radius 1 is 1.11 bits per heavy atom. The fraction of sp³-hybridized carbons (Fsp3) is 0.158. The molecule has 0 bridgehead atoms. The summed E-state index contributed by atoms with van der Waals surface area (Å²) < 4.78 is 23.5. The average molecular weight is 389 g/mol. The van der Waals surface area contributed by atoms with E-state index in [1.54, 1.807) is 13.2 Å². The van der Waals surface area contributed by atoms with Crippen LogP contribution in [0.25, 0.3) is 6.08 Å². The van der Waals surface area contributed by atoms with E-state index in [1.807, 2.05) is 24.3 Å². The summed E-state index contributed by atoms with van der Waals surface area (Å²) in [6, 6.07) is 11.9. The van der Waals surface area contributed by atoms with E-state index in [-0.39, 0.29) is 10.9 Å². The van der Waals surface area contributed by atoms with Crippen molar-refractivity contribution in [3.63, 3.8) is 0 Å². The predicted octanol–water partition coefficient (Wildman–Crippen LogP) is 2.55. The molecule has 1 amide bonds. The molecule has 2 aromatic carbocycles. The summed E-state index contributed by atoms with van der Waals surface area (Å²) in [5.41, 5.74) is 6.56. The molecule has 0 heterocycles. The molecule has 2 aromatic rings. The lowest BCUT2D eigenvalue weighted by molar-refractivity contribution is -0.116. The van der Waals surface area contributed by atoms with E-state index in [9.17, 15) is 9.18 Å². The number of rotatable bonds is 6. The molecule has 0 spiro atoms. The molecule has 0 aliphatic rings. The topological polar surface area (TPSA) is 71.6 Å². The molecule has 6 nitrogen and oxygen atoms in total. The van der Waals surface area contributed by atoms with Crippen molar-refractivity contribution in [2.24, 2.45) is 0 Å². The first-order valence-corrected chi connectivity index (χ1v) is 8.41. The van der Waals surface area contributed by atoms with Crippen molar-refractivity contribution in [3.05, 3.63) is 65.5 Å². The molecule has 0 aliphatic carbocycles. The summed E-state index contributed by atoms with van der Waals surface area (Å²) >= 11 is 5.09. The Bertz CT molecular complexity index is 825. The maximum absolute atomic E-state index is 13.6. The van der Waals surface area contributed by atoms with Gasteiger partial charge in [-0.05, 0) is 53.7 Å². The Morgan fingerprint density at radius 2 is 1.85 bits per heavy atom. The van der Waals surface area contributed by atoms with Gasteiger partial charge in [-0.3, -0.25) is 15.6 Å². The fourth-order valence-electron chi connectivity index (χ4n) is 2.09. The van der Waals surface area contributed by atoms with E-state index in [0.29, 0.717) is 12.1 Å². The maximum Gasteiger partial charge on any atom is 0.262 e. The van der Waals surface area contributed by atoms with E-state index < -0.39 is 11.7 Å². The van der Waals surface area contributed by atoms with Crippen molar-refractivity contribution in [3.8, 4) is 11.5 Å². The summed E-state index contributed by atoms with van der Waals surface area (Å²) in [5, 5.41) is 3.23. The van der Waals surface area contributed by atoms with E-state index in [4.69, 9.17) is 21.7 Å². The standard InChI is InChI=1S/C19H20FN3O3S/c1-25-15-7-3-14(4-8-15)12-21-19(27)23-22-18(24)10-6-13-5-9-17(26-2)16(20)11-13/h3-11H,12H2,1-2H3,(H,22,24)(H2,21,23,27)/b10-6+. The summed E-state index contributed by atoms with van der Waals surface area (Å²) in [5.74, 6) is -0.0105. The highest BCUT2D eigenvalue weighted by atomic mass is 32.1. The first-order valence-electron chi connectivity index (χ1n) is 8.00. The summed E-state index contributed by atoms with van der Waals surface area (Å²) in [6.45, 7) is 0.493. The SMILES string of the molecule is COc1ccc(CNC(=S)NNC(=O)/C=C/c2ccc(OC)c(F)c2)cc1. The van der Waals surface area contributed by atoms with Gasteiger partial charge in [0.2, 0.25) is 0 Å². The number of methoxy groups -OCH3 is 2. The third-order valence-corrected chi connectivity index (χ3v) is 3.76. The smallest absolute Gasteiger partial charge is 0.262 e. The number of halogens is 1. The van der Waals surface area contributed by atoms with Crippen LogP contribution in [0.15, 0.2) is 48.5 Å². The maximum atomic E-state index is 13.6. The van der Waals surface area contributed by atoms with Crippen molar-refractivity contribution in [2.45, 2.75) is 6.54 Å². The highest BCUT2D eigenvalue weighted by Crippen LogP contribution is 2.18. The van der Waals surface area contributed by atoms with Gasteiger partial charge in [0.05, 0.1) is 14.2 Å². The second kappa shape index (κ2) is 10.1. The molecule has 0 aromatic heterocycles. The third kappa shape index (κ3) is 6.59. The van der Waals surface area contributed by atoms with Gasteiger partial charge in [0.25, 0.3) is 5.91 Å². The van der Waals surface area contributed by atoms with Crippen LogP contribution in [0.4, 0.5) is 4.39 Å². The van der Waals surface area contributed by atoms with E-state index in [0.717, 1.165) is 11.3 Å². The lowest BCUT2D eigenvalue weighted by atomic mass is 10.2. The zero-order valence-electron chi connectivity index (χ0n) is 14.9. The molecule has 0 saturated heterocycles. The Morgan fingerprint density at radius 3 is 2.48 bits per heavy atom. The van der Waals surface area contributed by atoms with Gasteiger partial charge in [0, 0.05) is 12.6 Å². The monoisotopic (exact) mass is 389 g/mol. The van der Waals surface area contributed by atoms with Gasteiger partial charge in [0.1, 0.15) is 5.75 Å². The fourth-order valence-corrected chi connectivity index (χ4v) is 2.21. The van der Waals surface area contributed by atoms with Crippen molar-refractivity contribution in [1.29, 1.82) is 0 Å². The van der Waals surface area contributed by atoms with Gasteiger partial charge < -0.3 is 14.8 Å². The van der Waals surface area contributed by atoms with Crippen LogP contribution in [0.5, 0.6) is 11.5 Å². The molecule has 0 unspecified atom stereocenters. The van der Waals surface area contributed by atoms with Crippen molar-refractivity contribution < 1.29 is 18.7 Å². The number of carbonyl (C=O) groups excluding carboxylic acids is 1. The molecule has 142 valence electrons. The Hall–Kier alpha value is -3.13. The van der Waals surface area contributed by atoms with Crippen LogP contribution in [-0.2, 0) is 11.3 Å². The lowest BCUT2D eigenvalue weighted by Crippen LogP contribution is -2.45. The molecule has 0 saturated carbocycles. The first-order chi connectivity index (χ1) is 13.0. The normalized spacial score (nSPS) is 10.3. The van der Waals surface area contributed by atoms with Crippen molar-refractivity contribution in [1.82, 2.24) is 16.2 Å². The number of hydrazine groups is 1. The van der Waals surface area contributed by atoms with Gasteiger partial charge in [0.15, 0.2) is 16.7 Å². The van der Waals surface area contributed by atoms with Crippen LogP contribution < -0.4 is 25.6 Å². The summed E-state index contributed by atoms with van der Waals surface area (Å²) in [4.78, 5) is 11.8. The van der Waals surface area contributed by atoms with E-state index in [1.165, 1.54) is 31.4 Å². The number of nitrogens with one attached hydrogen (secondary N) is 3. The molecule has 0 radical (unpaired) electrons. The van der Waals surface area contributed by atoms with Crippen LogP contribution in [0.1, 0.15) is 11.1 Å². The molecule has 0 aliphatic heterocycles. The zero-order valence-corrected chi connectivity index (χ0v) is 15.7. The number of thiocarbonyl (C=S) groups is 1. The molecule has 8 heteroatoms. The predicted molar refractivity (Wildman–Crippen MR) is 106 cm³/mol. The van der Waals surface area contributed by atoms with Gasteiger partial charge >= 0.3 is 0 Å². The number of amides is 1. The molecule has 0 atom stereocenters. The number of hydrogen-bond donors (Lipinski definition) is 3. The molecule has 3 N–H and O–H groups in total. The van der Waals surface area contributed by atoms with Crippen LogP contribution in [0.3, 0.4) is 0 Å². The van der Waals surface area contributed by atoms with E-state index >= 15 is 0 Å². The average Bonchev–Trinajstić information content (AvgIpc) is 2.69. The molecule has 2 rings (SSSR count). The molecular weight excluding hydrogens is 369 g/mol. The van der Waals surface area contributed by atoms with Gasteiger partial charge in [-0.25, -0.2) is 4.39 Å². The van der Waals surface area contributed by atoms with E-state index in [2.05, 4.69) is 16.2 Å². The minimum absolute atomic E-state index is 0.145. The Labute approximate surface area is 162 Å².